The molecule has 0 aliphatic heterocycles. The summed E-state index contributed by atoms with van der Waals surface area (Å²) >= 11 is 1.29. The van der Waals surface area contributed by atoms with Gasteiger partial charge in [-0.05, 0) is 55.2 Å². The summed E-state index contributed by atoms with van der Waals surface area (Å²) < 4.78 is 16.0. The van der Waals surface area contributed by atoms with E-state index in [0.29, 0.717) is 11.0 Å². The maximum absolute atomic E-state index is 14.0. The third-order valence-electron chi connectivity index (χ3n) is 5.52. The summed E-state index contributed by atoms with van der Waals surface area (Å²) in [6.07, 6.45) is 5.14. The fourth-order valence-electron chi connectivity index (χ4n) is 3.74. The topological polar surface area (TPSA) is 72.7 Å². The predicted molar refractivity (Wildman–Crippen MR) is 134 cm³/mol. The van der Waals surface area contributed by atoms with Gasteiger partial charge in [0.25, 0.3) is 0 Å². The van der Waals surface area contributed by atoms with E-state index in [4.69, 9.17) is 0 Å². The number of hydrogen-bond donors (Lipinski definition) is 1. The van der Waals surface area contributed by atoms with Crippen LogP contribution in [0.2, 0.25) is 0 Å². The Balaban J connectivity index is 1.75. The molecule has 8 heteroatoms. The minimum atomic E-state index is -0.539. The molecule has 1 N–H and O–H groups in total. The Bertz CT molecular complexity index is 1270. The lowest BCUT2D eigenvalue weighted by Gasteiger charge is -2.19. The number of pyridine rings is 1. The molecule has 0 saturated carbocycles. The molecular weight excluding hydrogens is 449 g/mol. The Labute approximate surface area is 202 Å². The summed E-state index contributed by atoms with van der Waals surface area (Å²) in [4.78, 5) is 17.1. The van der Waals surface area contributed by atoms with Crippen LogP contribution in [0.3, 0.4) is 0 Å². The first-order chi connectivity index (χ1) is 16.5. The number of nitrogens with zero attached hydrogens (tertiary/aromatic N) is 4. The van der Waals surface area contributed by atoms with E-state index in [1.807, 2.05) is 16.7 Å². The van der Waals surface area contributed by atoms with Gasteiger partial charge in [-0.3, -0.25) is 14.3 Å². The Morgan fingerprint density at radius 1 is 1.03 bits per heavy atom. The summed E-state index contributed by atoms with van der Waals surface area (Å²) in [6.45, 7) is 6.00. The van der Waals surface area contributed by atoms with E-state index in [-0.39, 0.29) is 11.6 Å². The fourth-order valence-corrected chi connectivity index (χ4v) is 4.59. The fraction of sp³-hybridized carbons (Fsp3) is 0.231. The van der Waals surface area contributed by atoms with Crippen molar-refractivity contribution in [1.29, 1.82) is 0 Å². The van der Waals surface area contributed by atoms with Crippen LogP contribution in [0.1, 0.15) is 31.9 Å². The van der Waals surface area contributed by atoms with Gasteiger partial charge in [-0.1, -0.05) is 55.9 Å². The largest absolute Gasteiger partial charge is 0.323 e. The molecule has 0 bridgehead atoms. The molecule has 4 rings (SSSR count). The van der Waals surface area contributed by atoms with E-state index in [1.165, 1.54) is 17.8 Å². The Morgan fingerprint density at radius 2 is 1.76 bits per heavy atom. The number of benzene rings is 2. The van der Waals surface area contributed by atoms with Crippen LogP contribution in [0.15, 0.2) is 72.1 Å². The number of carbonyl (C=O) groups excluding carboxylic acids is 1. The highest BCUT2D eigenvalue weighted by Gasteiger charge is 2.24. The van der Waals surface area contributed by atoms with Gasteiger partial charge in [0.15, 0.2) is 11.0 Å². The van der Waals surface area contributed by atoms with Gasteiger partial charge in [-0.15, -0.1) is 10.2 Å². The molecule has 34 heavy (non-hydrogen) atoms. The highest BCUT2D eigenvalue weighted by molar-refractivity contribution is 8.00. The molecule has 4 aromatic rings. The monoisotopic (exact) mass is 475 g/mol. The average Bonchev–Trinajstić information content (AvgIpc) is 3.28. The van der Waals surface area contributed by atoms with E-state index < -0.39 is 11.1 Å². The van der Waals surface area contributed by atoms with E-state index in [9.17, 15) is 9.18 Å². The minimum absolute atomic E-state index is 0.155. The maximum atomic E-state index is 14.0. The molecule has 2 aromatic heterocycles. The van der Waals surface area contributed by atoms with Gasteiger partial charge in [-0.2, -0.15) is 0 Å². The van der Waals surface area contributed by atoms with Crippen molar-refractivity contribution in [3.05, 3.63) is 83.9 Å². The van der Waals surface area contributed by atoms with E-state index in [0.717, 1.165) is 35.2 Å². The van der Waals surface area contributed by atoms with E-state index in [1.54, 1.807) is 37.5 Å². The van der Waals surface area contributed by atoms with Crippen LogP contribution in [0, 0.1) is 5.82 Å². The molecule has 1 amide bonds. The van der Waals surface area contributed by atoms with Crippen molar-refractivity contribution >= 4 is 23.4 Å². The zero-order valence-corrected chi connectivity index (χ0v) is 20.1. The molecule has 174 valence electrons. The molecule has 0 fully saturated rings. The second kappa shape index (κ2) is 10.6. The molecule has 0 aliphatic carbocycles. The van der Waals surface area contributed by atoms with Crippen molar-refractivity contribution in [2.75, 3.05) is 5.32 Å². The Hall–Kier alpha value is -3.52. The number of anilines is 1. The zero-order valence-electron chi connectivity index (χ0n) is 19.3. The third-order valence-corrected chi connectivity index (χ3v) is 6.57. The van der Waals surface area contributed by atoms with Gasteiger partial charge in [0, 0.05) is 18.0 Å². The lowest BCUT2D eigenvalue weighted by atomic mass is 10.0. The Morgan fingerprint density at radius 3 is 2.41 bits per heavy atom. The molecule has 0 radical (unpaired) electrons. The molecular formula is C26H26FN5OS. The average molecular weight is 476 g/mol. The summed E-state index contributed by atoms with van der Waals surface area (Å²) in [6, 6.07) is 16.2. The molecule has 2 aromatic carbocycles. The van der Waals surface area contributed by atoms with Gasteiger partial charge in [0.1, 0.15) is 5.82 Å². The third kappa shape index (κ3) is 4.87. The van der Waals surface area contributed by atoms with Crippen molar-refractivity contribution in [1.82, 2.24) is 19.7 Å². The molecule has 0 saturated heterocycles. The Kier molecular flexibility index (Phi) is 7.37. The van der Waals surface area contributed by atoms with Crippen molar-refractivity contribution < 1.29 is 9.18 Å². The summed E-state index contributed by atoms with van der Waals surface area (Å²) in [5, 5.41) is 11.7. The van der Waals surface area contributed by atoms with Crippen LogP contribution in [-0.2, 0) is 17.6 Å². The van der Waals surface area contributed by atoms with Crippen molar-refractivity contribution in [2.45, 2.75) is 44.0 Å². The smallest absolute Gasteiger partial charge is 0.237 e. The number of amides is 1. The van der Waals surface area contributed by atoms with Crippen molar-refractivity contribution in [2.24, 2.45) is 0 Å². The number of thioether (sulfide) groups is 1. The summed E-state index contributed by atoms with van der Waals surface area (Å²) in [7, 11) is 0. The van der Waals surface area contributed by atoms with Gasteiger partial charge >= 0.3 is 0 Å². The van der Waals surface area contributed by atoms with Crippen molar-refractivity contribution in [3.63, 3.8) is 0 Å². The first kappa shape index (κ1) is 23.6. The first-order valence-electron chi connectivity index (χ1n) is 11.2. The number of para-hydroxylation sites is 2. The number of nitrogens with one attached hydrogen (secondary N) is 1. The van der Waals surface area contributed by atoms with E-state index >= 15 is 0 Å². The lowest BCUT2D eigenvalue weighted by Crippen LogP contribution is -2.23. The van der Waals surface area contributed by atoms with Gasteiger partial charge in [0.2, 0.25) is 5.91 Å². The van der Waals surface area contributed by atoms with Crippen LogP contribution in [0.25, 0.3) is 17.1 Å². The number of rotatable bonds is 8. The van der Waals surface area contributed by atoms with Crippen LogP contribution >= 0.6 is 11.8 Å². The van der Waals surface area contributed by atoms with Crippen LogP contribution in [-0.4, -0.2) is 30.9 Å². The SMILES string of the molecule is CCc1cccc(CC)c1-n1c(SC(C)C(=O)Nc2ccccc2F)nnc1-c1cccnc1. The van der Waals surface area contributed by atoms with Gasteiger partial charge < -0.3 is 5.32 Å². The van der Waals surface area contributed by atoms with Crippen LogP contribution in [0.4, 0.5) is 10.1 Å². The molecule has 6 nitrogen and oxygen atoms in total. The quantitative estimate of drug-likeness (QED) is 0.330. The van der Waals surface area contributed by atoms with Gasteiger partial charge in [-0.25, -0.2) is 4.39 Å². The number of aromatic nitrogens is 4. The second-order valence-corrected chi connectivity index (χ2v) is 9.05. The van der Waals surface area contributed by atoms with Gasteiger partial charge in [0.05, 0.1) is 16.6 Å². The van der Waals surface area contributed by atoms with Crippen LogP contribution in [0.5, 0.6) is 0 Å². The highest BCUT2D eigenvalue weighted by Crippen LogP contribution is 2.33. The summed E-state index contributed by atoms with van der Waals surface area (Å²) in [5.74, 6) is -0.125. The summed E-state index contributed by atoms with van der Waals surface area (Å²) in [5.41, 5.74) is 4.34. The second-order valence-electron chi connectivity index (χ2n) is 7.74. The standard InChI is InChI=1S/C26H26FN5OS/c1-4-18-10-8-11-19(5-2)23(18)32-24(20-12-9-15-28-16-20)30-31-26(32)34-17(3)25(33)29-22-14-7-6-13-21(22)27/h6-17H,4-5H2,1-3H3,(H,29,33). The molecule has 1 unspecified atom stereocenters. The van der Waals surface area contributed by atoms with E-state index in [2.05, 4.69) is 52.5 Å². The van der Waals surface area contributed by atoms with Crippen molar-refractivity contribution in [3.8, 4) is 17.1 Å². The number of hydrogen-bond acceptors (Lipinski definition) is 5. The molecule has 2 heterocycles. The number of carbonyl (C=O) groups is 1. The zero-order chi connectivity index (χ0) is 24.1. The minimum Gasteiger partial charge on any atom is -0.323 e. The molecule has 0 aliphatic rings. The first-order valence-corrected chi connectivity index (χ1v) is 12.1. The molecule has 1 atom stereocenters. The molecule has 0 spiro atoms. The normalized spacial score (nSPS) is 11.9. The predicted octanol–water partition coefficient (Wildman–Crippen LogP) is 5.71. The maximum Gasteiger partial charge on any atom is 0.237 e. The number of aryl methyl sites for hydroxylation is 2. The van der Waals surface area contributed by atoms with Crippen LogP contribution < -0.4 is 5.32 Å². The lowest BCUT2D eigenvalue weighted by molar-refractivity contribution is -0.115. The number of halogens is 1. The highest BCUT2D eigenvalue weighted by atomic mass is 32.2.